The molecule has 1 N–H and O–H groups in total. The van der Waals surface area contributed by atoms with Crippen molar-refractivity contribution in [3.63, 3.8) is 0 Å². The van der Waals surface area contributed by atoms with Gasteiger partial charge in [-0.15, -0.1) is 0 Å². The molecule has 0 aromatic carbocycles. The van der Waals surface area contributed by atoms with Crippen LogP contribution in [0.3, 0.4) is 0 Å². The van der Waals surface area contributed by atoms with Gasteiger partial charge in [0, 0.05) is 32.6 Å². The molecule has 1 aromatic heterocycles. The van der Waals surface area contributed by atoms with Crippen molar-refractivity contribution in [2.45, 2.75) is 52.4 Å². The summed E-state index contributed by atoms with van der Waals surface area (Å²) >= 11 is 0. The number of pyridine rings is 1. The zero-order valence-electron chi connectivity index (χ0n) is 16.9. The number of anilines is 2. The van der Waals surface area contributed by atoms with E-state index in [2.05, 4.69) is 33.9 Å². The third-order valence-electron chi connectivity index (χ3n) is 7.23. The maximum absolute atomic E-state index is 12.6. The van der Waals surface area contributed by atoms with Crippen molar-refractivity contribution in [1.29, 1.82) is 0 Å². The Morgan fingerprint density at radius 3 is 2.52 bits per heavy atom. The molecule has 2 saturated carbocycles. The quantitative estimate of drug-likeness (QED) is 0.794. The minimum atomic E-state index is 0.158. The first-order chi connectivity index (χ1) is 13.1. The summed E-state index contributed by atoms with van der Waals surface area (Å²) in [6.45, 7) is 9.94. The molecule has 1 unspecified atom stereocenters. The molecule has 1 aliphatic heterocycles. The van der Waals surface area contributed by atoms with Gasteiger partial charge in [0.15, 0.2) is 0 Å². The number of likely N-dealkylation sites (N-methyl/N-ethyl adjacent to an activating group) is 1. The minimum absolute atomic E-state index is 0.158. The van der Waals surface area contributed by atoms with Gasteiger partial charge in [-0.2, -0.15) is 0 Å². The Bertz CT molecular complexity index is 643. The van der Waals surface area contributed by atoms with Crippen LogP contribution in [-0.2, 0) is 4.79 Å². The lowest BCUT2D eigenvalue weighted by Gasteiger charge is -2.37. The van der Waals surface area contributed by atoms with E-state index in [1.165, 1.54) is 32.1 Å². The number of nitrogens with one attached hydrogen (secondary N) is 1. The van der Waals surface area contributed by atoms with E-state index in [0.29, 0.717) is 17.8 Å². The summed E-state index contributed by atoms with van der Waals surface area (Å²) < 4.78 is 0. The molecule has 1 aromatic rings. The van der Waals surface area contributed by atoms with Gasteiger partial charge in [0.2, 0.25) is 5.91 Å². The lowest BCUT2D eigenvalue weighted by Crippen LogP contribution is -2.46. The van der Waals surface area contributed by atoms with E-state index in [4.69, 9.17) is 0 Å². The molecule has 5 heteroatoms. The van der Waals surface area contributed by atoms with Crippen molar-refractivity contribution in [2.24, 2.45) is 17.3 Å². The number of rotatable bonds is 7. The van der Waals surface area contributed by atoms with Crippen molar-refractivity contribution in [1.82, 2.24) is 9.88 Å². The van der Waals surface area contributed by atoms with Crippen molar-refractivity contribution in [3.8, 4) is 0 Å². The summed E-state index contributed by atoms with van der Waals surface area (Å²) in [5.41, 5.74) is 1.25. The summed E-state index contributed by atoms with van der Waals surface area (Å²) in [6.07, 6.45) is 9.05. The highest BCUT2D eigenvalue weighted by molar-refractivity contribution is 5.90. The van der Waals surface area contributed by atoms with Crippen LogP contribution in [0.5, 0.6) is 0 Å². The molecule has 2 aliphatic carbocycles. The average molecular weight is 371 g/mol. The average Bonchev–Trinajstić information content (AvgIpc) is 3.39. The smallest absolute Gasteiger partial charge is 0.224 e. The highest BCUT2D eigenvalue weighted by atomic mass is 16.1. The SMILES string of the molecule is CCN1CCN(c2ccc(NC(=O)CC(C3CCC3)C3(C)CC3)cn2)CC1. The normalized spacial score (nSPS) is 23.6. The number of piperazine rings is 1. The maximum atomic E-state index is 12.6. The third-order valence-corrected chi connectivity index (χ3v) is 7.23. The Kier molecular flexibility index (Phi) is 5.40. The van der Waals surface area contributed by atoms with Crippen LogP contribution in [0.25, 0.3) is 0 Å². The lowest BCUT2D eigenvalue weighted by molar-refractivity contribution is -0.118. The van der Waals surface area contributed by atoms with E-state index in [0.717, 1.165) is 50.1 Å². The zero-order chi connectivity index (χ0) is 18.9. The van der Waals surface area contributed by atoms with Gasteiger partial charge in [0.25, 0.3) is 0 Å². The molecule has 0 radical (unpaired) electrons. The highest BCUT2D eigenvalue weighted by Crippen LogP contribution is 2.58. The van der Waals surface area contributed by atoms with Crippen LogP contribution in [0.1, 0.15) is 52.4 Å². The first-order valence-corrected chi connectivity index (χ1v) is 10.8. The molecule has 5 nitrogen and oxygen atoms in total. The summed E-state index contributed by atoms with van der Waals surface area (Å²) in [5, 5.41) is 3.09. The van der Waals surface area contributed by atoms with Gasteiger partial charge < -0.3 is 15.1 Å². The fraction of sp³-hybridized carbons (Fsp3) is 0.727. The molecule has 0 spiro atoms. The molecule has 1 amide bonds. The molecule has 3 aliphatic rings. The van der Waals surface area contributed by atoms with Gasteiger partial charge in [0.1, 0.15) is 5.82 Å². The van der Waals surface area contributed by atoms with Gasteiger partial charge in [-0.1, -0.05) is 33.1 Å². The van der Waals surface area contributed by atoms with Crippen LogP contribution in [0.2, 0.25) is 0 Å². The van der Waals surface area contributed by atoms with Crippen LogP contribution in [0.4, 0.5) is 11.5 Å². The maximum Gasteiger partial charge on any atom is 0.224 e. The molecular weight excluding hydrogens is 336 g/mol. The number of aromatic nitrogens is 1. The number of hydrogen-bond acceptors (Lipinski definition) is 4. The van der Waals surface area contributed by atoms with E-state index in [9.17, 15) is 4.79 Å². The molecule has 3 fully saturated rings. The van der Waals surface area contributed by atoms with Gasteiger partial charge in [-0.3, -0.25) is 4.79 Å². The summed E-state index contributed by atoms with van der Waals surface area (Å²) in [7, 11) is 0. The van der Waals surface area contributed by atoms with Crippen molar-refractivity contribution in [2.75, 3.05) is 42.9 Å². The largest absolute Gasteiger partial charge is 0.354 e. The second-order valence-corrected chi connectivity index (χ2v) is 9.03. The standard InChI is InChI=1S/C22H34N4O/c1-3-25-11-13-26(14-12-25)20-8-7-18(16-23-20)24-21(27)15-19(17-5-4-6-17)22(2)9-10-22/h7-8,16-17,19H,3-6,9-15H2,1-2H3,(H,24,27). The highest BCUT2D eigenvalue weighted by Gasteiger charge is 2.49. The van der Waals surface area contributed by atoms with Gasteiger partial charge in [-0.05, 0) is 48.8 Å². The van der Waals surface area contributed by atoms with E-state index in [1.54, 1.807) is 0 Å². The topological polar surface area (TPSA) is 48.5 Å². The molecule has 4 rings (SSSR count). The fourth-order valence-electron chi connectivity index (χ4n) is 4.74. The molecule has 0 bridgehead atoms. The minimum Gasteiger partial charge on any atom is -0.354 e. The van der Waals surface area contributed by atoms with Crippen LogP contribution < -0.4 is 10.2 Å². The monoisotopic (exact) mass is 370 g/mol. The molecule has 27 heavy (non-hydrogen) atoms. The Labute approximate surface area is 163 Å². The van der Waals surface area contributed by atoms with Crippen LogP contribution in [0.15, 0.2) is 18.3 Å². The van der Waals surface area contributed by atoms with Gasteiger partial charge >= 0.3 is 0 Å². The second kappa shape index (κ2) is 7.78. The Hall–Kier alpha value is -1.62. The van der Waals surface area contributed by atoms with Gasteiger partial charge in [0.05, 0.1) is 11.9 Å². The molecule has 2 heterocycles. The van der Waals surface area contributed by atoms with Crippen LogP contribution in [-0.4, -0.2) is 48.5 Å². The van der Waals surface area contributed by atoms with E-state index in [1.807, 2.05) is 18.3 Å². The molecule has 1 atom stereocenters. The van der Waals surface area contributed by atoms with E-state index >= 15 is 0 Å². The summed E-state index contributed by atoms with van der Waals surface area (Å²) in [6, 6.07) is 4.05. The van der Waals surface area contributed by atoms with E-state index < -0.39 is 0 Å². The Morgan fingerprint density at radius 2 is 2.00 bits per heavy atom. The number of amides is 1. The summed E-state index contributed by atoms with van der Waals surface area (Å²) in [4.78, 5) is 22.0. The first-order valence-electron chi connectivity index (χ1n) is 10.8. The predicted octanol–water partition coefficient (Wildman–Crippen LogP) is 3.77. The van der Waals surface area contributed by atoms with Crippen molar-refractivity contribution < 1.29 is 4.79 Å². The summed E-state index contributed by atoms with van der Waals surface area (Å²) in [5.74, 6) is 2.51. The van der Waals surface area contributed by atoms with Crippen LogP contribution in [0, 0.1) is 17.3 Å². The van der Waals surface area contributed by atoms with Crippen LogP contribution >= 0.6 is 0 Å². The number of nitrogens with zero attached hydrogens (tertiary/aromatic N) is 3. The van der Waals surface area contributed by atoms with Crippen molar-refractivity contribution in [3.05, 3.63) is 18.3 Å². The number of carbonyl (C=O) groups is 1. The van der Waals surface area contributed by atoms with Gasteiger partial charge in [-0.25, -0.2) is 4.98 Å². The zero-order valence-corrected chi connectivity index (χ0v) is 16.9. The third kappa shape index (κ3) is 4.29. The molecule has 148 valence electrons. The first kappa shape index (κ1) is 18.7. The number of hydrogen-bond donors (Lipinski definition) is 1. The molecule has 1 saturated heterocycles. The lowest BCUT2D eigenvalue weighted by atomic mass is 9.68. The molecular formula is C22H34N4O. The van der Waals surface area contributed by atoms with E-state index in [-0.39, 0.29) is 5.91 Å². The predicted molar refractivity (Wildman–Crippen MR) is 110 cm³/mol. The Balaban J connectivity index is 1.31. The Morgan fingerprint density at radius 1 is 1.26 bits per heavy atom. The fourth-order valence-corrected chi connectivity index (χ4v) is 4.74. The second-order valence-electron chi connectivity index (χ2n) is 9.03. The number of carbonyl (C=O) groups excluding carboxylic acids is 1. The van der Waals surface area contributed by atoms with Crippen molar-refractivity contribution >= 4 is 17.4 Å².